The van der Waals surface area contributed by atoms with Gasteiger partial charge in [-0.2, -0.15) is 4.98 Å². The average Bonchev–Trinajstić information content (AvgIpc) is 3.44. The zero-order valence-electron chi connectivity index (χ0n) is 18.7. The minimum atomic E-state index is -0.165. The number of nitrogens with one attached hydrogen (secondary N) is 2. The van der Waals surface area contributed by atoms with Crippen molar-refractivity contribution in [2.24, 2.45) is 5.92 Å². The molecule has 0 saturated carbocycles. The van der Waals surface area contributed by atoms with E-state index in [0.29, 0.717) is 10.3 Å². The summed E-state index contributed by atoms with van der Waals surface area (Å²) in [5.41, 5.74) is 3.53. The minimum Gasteiger partial charge on any atom is -0.348 e. The number of carbonyl (C=O) groups excluding carboxylic acids is 1. The van der Waals surface area contributed by atoms with Crippen LogP contribution in [0.3, 0.4) is 0 Å². The Morgan fingerprint density at radius 1 is 1.15 bits per heavy atom. The van der Waals surface area contributed by atoms with Crippen LogP contribution < -0.4 is 15.8 Å². The first-order chi connectivity index (χ1) is 16.6. The number of aromatic amines is 1. The van der Waals surface area contributed by atoms with Gasteiger partial charge in [-0.3, -0.25) is 9.59 Å². The van der Waals surface area contributed by atoms with Crippen LogP contribution in [0.2, 0.25) is 0 Å². The number of rotatable bonds is 4. The standard InChI is InChI=1S/C25H24N6O2S/c1-2-31-19-6-4-3-5-17(19)18-13-16(7-8-20(18)31)28-23(32)15-9-11-30(12-10-15)25-29-22-21(34-25)24(33)27-14-26-22/h3-8,13-15H,2,9-12H2,1H3,(H,28,32)(H,26,27,33). The number of anilines is 2. The van der Waals surface area contributed by atoms with Gasteiger partial charge in [-0.1, -0.05) is 29.5 Å². The number of hydrogen-bond acceptors (Lipinski definition) is 6. The summed E-state index contributed by atoms with van der Waals surface area (Å²) in [6.07, 6.45) is 2.86. The molecule has 8 nitrogen and oxygen atoms in total. The Morgan fingerprint density at radius 2 is 1.94 bits per heavy atom. The van der Waals surface area contributed by atoms with Crippen molar-refractivity contribution in [1.29, 1.82) is 0 Å². The number of carbonyl (C=O) groups is 1. The first-order valence-corrected chi connectivity index (χ1v) is 12.3. The van der Waals surface area contributed by atoms with Gasteiger partial charge in [0.2, 0.25) is 5.91 Å². The number of piperidine rings is 1. The quantitative estimate of drug-likeness (QED) is 0.405. The third-order valence-electron chi connectivity index (χ3n) is 6.68. The Bertz CT molecular complexity index is 1590. The number of thiazole rings is 1. The van der Waals surface area contributed by atoms with Gasteiger partial charge in [0.15, 0.2) is 10.8 Å². The molecule has 0 aliphatic carbocycles. The fourth-order valence-corrected chi connectivity index (χ4v) is 5.91. The number of H-pyrrole nitrogens is 1. The van der Waals surface area contributed by atoms with Gasteiger partial charge < -0.3 is 19.8 Å². The van der Waals surface area contributed by atoms with Gasteiger partial charge in [-0.15, -0.1) is 0 Å². The van der Waals surface area contributed by atoms with E-state index in [1.165, 1.54) is 34.1 Å². The fourth-order valence-electron chi connectivity index (χ4n) is 4.94. The van der Waals surface area contributed by atoms with Gasteiger partial charge in [-0.05, 0) is 44.0 Å². The van der Waals surface area contributed by atoms with E-state index >= 15 is 0 Å². The second-order valence-electron chi connectivity index (χ2n) is 8.62. The van der Waals surface area contributed by atoms with Crippen molar-refractivity contribution in [3.63, 3.8) is 0 Å². The lowest BCUT2D eigenvalue weighted by Crippen LogP contribution is -2.38. The number of aryl methyl sites for hydroxylation is 1. The Hall–Kier alpha value is -3.72. The van der Waals surface area contributed by atoms with Crippen molar-refractivity contribution < 1.29 is 4.79 Å². The lowest BCUT2D eigenvalue weighted by Gasteiger charge is -2.30. The molecule has 1 saturated heterocycles. The predicted molar refractivity (Wildman–Crippen MR) is 137 cm³/mol. The molecule has 172 valence electrons. The third kappa shape index (κ3) is 3.43. The molecule has 2 aromatic carbocycles. The van der Waals surface area contributed by atoms with Gasteiger partial charge >= 0.3 is 0 Å². The summed E-state index contributed by atoms with van der Waals surface area (Å²) in [5.74, 6) is 0.000443. The van der Waals surface area contributed by atoms with Crippen LogP contribution in [-0.2, 0) is 11.3 Å². The van der Waals surface area contributed by atoms with Crippen LogP contribution in [0.1, 0.15) is 19.8 Å². The van der Waals surface area contributed by atoms with E-state index in [9.17, 15) is 9.59 Å². The normalized spacial score (nSPS) is 14.9. The van der Waals surface area contributed by atoms with E-state index in [2.05, 4.69) is 73.1 Å². The Balaban J connectivity index is 1.17. The highest BCUT2D eigenvalue weighted by Gasteiger charge is 2.27. The highest BCUT2D eigenvalue weighted by molar-refractivity contribution is 7.22. The van der Waals surface area contributed by atoms with Crippen LogP contribution in [0, 0.1) is 5.92 Å². The van der Waals surface area contributed by atoms with E-state index in [-0.39, 0.29) is 17.4 Å². The first kappa shape index (κ1) is 20.9. The third-order valence-corrected chi connectivity index (χ3v) is 7.78. The minimum absolute atomic E-state index is 0.0557. The summed E-state index contributed by atoms with van der Waals surface area (Å²) in [5, 5.41) is 6.29. The van der Waals surface area contributed by atoms with Crippen molar-refractivity contribution in [1.82, 2.24) is 19.5 Å². The highest BCUT2D eigenvalue weighted by Crippen LogP contribution is 2.32. The predicted octanol–water partition coefficient (Wildman–Crippen LogP) is 4.36. The Morgan fingerprint density at radius 3 is 2.74 bits per heavy atom. The second-order valence-corrected chi connectivity index (χ2v) is 9.60. The van der Waals surface area contributed by atoms with E-state index in [4.69, 9.17) is 0 Å². The van der Waals surface area contributed by atoms with Crippen LogP contribution in [0.25, 0.3) is 32.2 Å². The van der Waals surface area contributed by atoms with Crippen molar-refractivity contribution in [3.8, 4) is 0 Å². The van der Waals surface area contributed by atoms with E-state index in [0.717, 1.165) is 48.7 Å². The Kier molecular flexibility index (Phi) is 5.06. The molecule has 0 unspecified atom stereocenters. The summed E-state index contributed by atoms with van der Waals surface area (Å²) in [7, 11) is 0. The number of para-hydroxylation sites is 1. The Labute approximate surface area is 199 Å². The second kappa shape index (κ2) is 8.25. The van der Waals surface area contributed by atoms with Crippen molar-refractivity contribution in [2.75, 3.05) is 23.3 Å². The van der Waals surface area contributed by atoms with Crippen LogP contribution in [0.15, 0.2) is 53.6 Å². The molecule has 2 N–H and O–H groups in total. The molecule has 0 bridgehead atoms. The number of benzene rings is 2. The van der Waals surface area contributed by atoms with Crippen LogP contribution >= 0.6 is 11.3 Å². The summed E-state index contributed by atoms with van der Waals surface area (Å²) in [4.78, 5) is 38.4. The fraction of sp³-hybridized carbons (Fsp3) is 0.280. The SMILES string of the molecule is CCn1c2ccccc2c2cc(NC(=O)C3CCN(c4nc5nc[nH]c(=O)c5s4)CC3)ccc21. The molecule has 1 amide bonds. The van der Waals surface area contributed by atoms with E-state index < -0.39 is 0 Å². The van der Waals surface area contributed by atoms with Crippen molar-refractivity contribution in [2.45, 2.75) is 26.3 Å². The van der Waals surface area contributed by atoms with E-state index in [1.807, 2.05) is 6.07 Å². The molecule has 1 aliphatic heterocycles. The maximum Gasteiger partial charge on any atom is 0.270 e. The van der Waals surface area contributed by atoms with Crippen molar-refractivity contribution in [3.05, 3.63) is 59.1 Å². The van der Waals surface area contributed by atoms with E-state index in [1.54, 1.807) is 0 Å². The van der Waals surface area contributed by atoms with Crippen LogP contribution in [0.5, 0.6) is 0 Å². The molecule has 34 heavy (non-hydrogen) atoms. The molecule has 5 aromatic rings. The maximum atomic E-state index is 13.1. The van der Waals surface area contributed by atoms with Gasteiger partial charge in [0.1, 0.15) is 4.70 Å². The number of nitrogens with zero attached hydrogens (tertiary/aromatic N) is 4. The molecule has 3 aromatic heterocycles. The maximum absolute atomic E-state index is 13.1. The molecule has 0 radical (unpaired) electrons. The summed E-state index contributed by atoms with van der Waals surface area (Å²) in [6, 6.07) is 14.6. The molecule has 6 rings (SSSR count). The number of hydrogen-bond donors (Lipinski definition) is 2. The number of amides is 1. The molecular weight excluding hydrogens is 448 g/mol. The van der Waals surface area contributed by atoms with Gasteiger partial charge in [-0.25, -0.2) is 4.98 Å². The summed E-state index contributed by atoms with van der Waals surface area (Å²) >= 11 is 1.35. The summed E-state index contributed by atoms with van der Waals surface area (Å²) < 4.78 is 2.84. The topological polar surface area (TPSA) is 95.9 Å². The van der Waals surface area contributed by atoms with Gasteiger partial charge in [0, 0.05) is 53.0 Å². The lowest BCUT2D eigenvalue weighted by atomic mass is 9.96. The number of aromatic nitrogens is 4. The molecule has 4 heterocycles. The summed E-state index contributed by atoms with van der Waals surface area (Å²) in [6.45, 7) is 4.49. The first-order valence-electron chi connectivity index (χ1n) is 11.5. The van der Waals surface area contributed by atoms with Gasteiger partial charge in [0.25, 0.3) is 5.56 Å². The van der Waals surface area contributed by atoms with Crippen LogP contribution in [-0.4, -0.2) is 38.5 Å². The smallest absolute Gasteiger partial charge is 0.270 e. The van der Waals surface area contributed by atoms with Gasteiger partial charge in [0.05, 0.1) is 6.33 Å². The molecule has 1 aliphatic rings. The molecular formula is C25H24N6O2S. The lowest BCUT2D eigenvalue weighted by molar-refractivity contribution is -0.120. The monoisotopic (exact) mass is 472 g/mol. The molecule has 1 fully saturated rings. The zero-order chi connectivity index (χ0) is 23.2. The van der Waals surface area contributed by atoms with Crippen molar-refractivity contribution >= 4 is 60.2 Å². The largest absolute Gasteiger partial charge is 0.348 e. The molecule has 0 spiro atoms. The average molecular weight is 473 g/mol. The molecule has 0 atom stereocenters. The zero-order valence-corrected chi connectivity index (χ0v) is 19.6. The van der Waals surface area contributed by atoms with Crippen LogP contribution in [0.4, 0.5) is 10.8 Å². The highest BCUT2D eigenvalue weighted by atomic mass is 32.1. The molecule has 9 heteroatoms. The number of fused-ring (bicyclic) bond motifs is 4.